The Kier molecular flexibility index (Phi) is 4.78. The number of likely N-dealkylation sites (N-methyl/N-ethyl adjacent to an activating group) is 1. The van der Waals surface area contributed by atoms with Crippen molar-refractivity contribution < 1.29 is 9.90 Å². The lowest BCUT2D eigenvalue weighted by Gasteiger charge is -2.26. The summed E-state index contributed by atoms with van der Waals surface area (Å²) in [6, 6.07) is 10.4. The molecular weight excluding hydrogens is 334 g/mol. The largest absolute Gasteiger partial charge is 0.394 e. The Morgan fingerprint density at radius 2 is 2.29 bits per heavy atom. The smallest absolute Gasteiger partial charge is 0.270 e. The topological polar surface area (TPSA) is 80.1 Å². The second kappa shape index (κ2) is 6.57. The van der Waals surface area contributed by atoms with Crippen LogP contribution in [-0.4, -0.2) is 34.6 Å². The molecule has 5 nitrogen and oxygen atoms in total. The van der Waals surface area contributed by atoms with Gasteiger partial charge in [-0.1, -0.05) is 28.1 Å². The molecular formula is C15H14BrN3O2. The fourth-order valence-corrected chi connectivity index (χ4v) is 2.50. The van der Waals surface area contributed by atoms with E-state index >= 15 is 0 Å². The Bertz CT molecular complexity index is 690. The van der Waals surface area contributed by atoms with Gasteiger partial charge in [-0.3, -0.25) is 4.79 Å². The maximum atomic E-state index is 12.4. The number of nitrogens with zero attached hydrogens (tertiary/aromatic N) is 2. The minimum absolute atomic E-state index is 0.190. The van der Waals surface area contributed by atoms with Gasteiger partial charge < -0.3 is 15.0 Å². The molecule has 0 aliphatic rings. The van der Waals surface area contributed by atoms with Crippen LogP contribution in [0.4, 0.5) is 0 Å². The predicted molar refractivity (Wildman–Crippen MR) is 81.6 cm³/mol. The van der Waals surface area contributed by atoms with Crippen molar-refractivity contribution >= 4 is 21.8 Å². The van der Waals surface area contributed by atoms with Gasteiger partial charge in [-0.2, -0.15) is 5.26 Å². The maximum absolute atomic E-state index is 12.4. The van der Waals surface area contributed by atoms with E-state index in [9.17, 15) is 9.90 Å². The molecule has 108 valence electrons. The van der Waals surface area contributed by atoms with Crippen molar-refractivity contribution in [1.82, 2.24) is 9.88 Å². The number of aromatic amines is 1. The van der Waals surface area contributed by atoms with Crippen molar-refractivity contribution in [2.45, 2.75) is 6.04 Å². The Balaban J connectivity index is 2.25. The molecule has 6 heteroatoms. The number of halogens is 1. The third-order valence-electron chi connectivity index (χ3n) is 3.24. The van der Waals surface area contributed by atoms with E-state index in [-0.39, 0.29) is 12.5 Å². The van der Waals surface area contributed by atoms with E-state index in [2.05, 4.69) is 20.9 Å². The molecule has 2 aromatic rings. The molecule has 0 spiro atoms. The first kappa shape index (κ1) is 15.3. The average molecular weight is 348 g/mol. The molecule has 0 aliphatic carbocycles. The van der Waals surface area contributed by atoms with E-state index in [1.807, 2.05) is 30.3 Å². The maximum Gasteiger partial charge on any atom is 0.270 e. The SMILES string of the molecule is CN(C(=O)c1cc(C#N)c[nH]1)[C@@H](CO)c1cccc(Br)c1. The fraction of sp³-hybridized carbons (Fsp3) is 0.200. The van der Waals surface area contributed by atoms with Gasteiger partial charge in [0.1, 0.15) is 11.8 Å². The van der Waals surface area contributed by atoms with Crippen LogP contribution in [0.5, 0.6) is 0 Å². The van der Waals surface area contributed by atoms with Gasteiger partial charge in [0.15, 0.2) is 0 Å². The highest BCUT2D eigenvalue weighted by molar-refractivity contribution is 9.10. The van der Waals surface area contributed by atoms with Crippen molar-refractivity contribution in [3.05, 3.63) is 57.8 Å². The fourth-order valence-electron chi connectivity index (χ4n) is 2.08. The minimum Gasteiger partial charge on any atom is -0.394 e. The molecule has 0 aliphatic heterocycles. The van der Waals surface area contributed by atoms with Crippen LogP contribution in [-0.2, 0) is 0 Å². The standard InChI is InChI=1S/C15H14BrN3O2/c1-19(15(21)13-5-10(7-17)8-18-13)14(9-20)11-3-2-4-12(16)6-11/h2-6,8,14,18,20H,9H2,1H3/t14-/m0/s1. The lowest BCUT2D eigenvalue weighted by atomic mass is 10.1. The number of aliphatic hydroxyl groups excluding tert-OH is 1. The van der Waals surface area contributed by atoms with Crippen LogP contribution in [0.25, 0.3) is 0 Å². The number of aromatic nitrogens is 1. The molecule has 0 radical (unpaired) electrons. The molecule has 2 N–H and O–H groups in total. The molecule has 1 aromatic carbocycles. The van der Waals surface area contributed by atoms with Gasteiger partial charge in [-0.05, 0) is 23.8 Å². The Labute approximate surface area is 130 Å². The summed E-state index contributed by atoms with van der Waals surface area (Å²) in [4.78, 5) is 16.6. The van der Waals surface area contributed by atoms with E-state index in [0.29, 0.717) is 11.3 Å². The summed E-state index contributed by atoms with van der Waals surface area (Å²) >= 11 is 3.38. The first-order valence-corrected chi connectivity index (χ1v) is 7.08. The monoisotopic (exact) mass is 347 g/mol. The first-order chi connectivity index (χ1) is 10.1. The molecule has 0 unspecified atom stereocenters. The Morgan fingerprint density at radius 1 is 1.52 bits per heavy atom. The molecule has 1 aromatic heterocycles. The number of rotatable bonds is 4. The zero-order chi connectivity index (χ0) is 15.4. The van der Waals surface area contributed by atoms with Crippen molar-refractivity contribution in [3.63, 3.8) is 0 Å². The molecule has 0 bridgehead atoms. The summed E-state index contributed by atoms with van der Waals surface area (Å²) < 4.78 is 0.880. The van der Waals surface area contributed by atoms with Crippen LogP contribution in [0, 0.1) is 11.3 Å². The number of aliphatic hydroxyl groups is 1. The molecule has 0 saturated carbocycles. The van der Waals surface area contributed by atoms with Crippen molar-refractivity contribution in [2.75, 3.05) is 13.7 Å². The van der Waals surface area contributed by atoms with E-state index in [0.717, 1.165) is 10.0 Å². The summed E-state index contributed by atoms with van der Waals surface area (Å²) in [6.07, 6.45) is 1.48. The molecule has 1 atom stereocenters. The van der Waals surface area contributed by atoms with Crippen LogP contribution >= 0.6 is 15.9 Å². The summed E-state index contributed by atoms with van der Waals surface area (Å²) in [6.45, 7) is -0.190. The third-order valence-corrected chi connectivity index (χ3v) is 3.73. The van der Waals surface area contributed by atoms with Gasteiger partial charge in [0, 0.05) is 17.7 Å². The third kappa shape index (κ3) is 3.32. The van der Waals surface area contributed by atoms with Gasteiger partial charge in [-0.15, -0.1) is 0 Å². The number of hydrogen-bond acceptors (Lipinski definition) is 3. The average Bonchev–Trinajstić information content (AvgIpc) is 2.96. The first-order valence-electron chi connectivity index (χ1n) is 6.28. The lowest BCUT2D eigenvalue weighted by Crippen LogP contribution is -2.33. The molecule has 0 fully saturated rings. The molecule has 1 amide bonds. The van der Waals surface area contributed by atoms with Crippen LogP contribution < -0.4 is 0 Å². The van der Waals surface area contributed by atoms with Crippen LogP contribution in [0.3, 0.4) is 0 Å². The van der Waals surface area contributed by atoms with Gasteiger partial charge in [0.05, 0.1) is 18.2 Å². The van der Waals surface area contributed by atoms with Crippen LogP contribution in [0.15, 0.2) is 41.0 Å². The number of nitriles is 1. The number of hydrogen-bond donors (Lipinski definition) is 2. The lowest BCUT2D eigenvalue weighted by molar-refractivity contribution is 0.0653. The van der Waals surface area contributed by atoms with Gasteiger partial charge in [0.25, 0.3) is 5.91 Å². The molecule has 1 heterocycles. The Morgan fingerprint density at radius 3 is 2.86 bits per heavy atom. The van der Waals surface area contributed by atoms with Crippen LogP contribution in [0.2, 0.25) is 0 Å². The number of carbonyl (C=O) groups excluding carboxylic acids is 1. The summed E-state index contributed by atoms with van der Waals surface area (Å²) in [5.41, 5.74) is 1.55. The van der Waals surface area contributed by atoms with Gasteiger partial charge >= 0.3 is 0 Å². The molecule has 21 heavy (non-hydrogen) atoms. The zero-order valence-corrected chi connectivity index (χ0v) is 13.0. The second-order valence-electron chi connectivity index (χ2n) is 4.58. The van der Waals surface area contributed by atoms with Gasteiger partial charge in [-0.25, -0.2) is 0 Å². The van der Waals surface area contributed by atoms with Crippen molar-refractivity contribution in [3.8, 4) is 6.07 Å². The van der Waals surface area contributed by atoms with E-state index in [4.69, 9.17) is 5.26 Å². The number of nitrogens with one attached hydrogen (secondary N) is 1. The molecule has 2 rings (SSSR count). The molecule has 0 saturated heterocycles. The number of benzene rings is 1. The predicted octanol–water partition coefficient (Wildman–Crippen LogP) is 2.45. The van der Waals surface area contributed by atoms with Crippen LogP contribution in [0.1, 0.15) is 27.7 Å². The zero-order valence-electron chi connectivity index (χ0n) is 11.4. The van der Waals surface area contributed by atoms with Crippen molar-refractivity contribution in [1.29, 1.82) is 5.26 Å². The second-order valence-corrected chi connectivity index (χ2v) is 5.50. The summed E-state index contributed by atoms with van der Waals surface area (Å²) in [7, 11) is 1.62. The van der Waals surface area contributed by atoms with E-state index < -0.39 is 6.04 Å². The Hall–Kier alpha value is -2.10. The summed E-state index contributed by atoms with van der Waals surface area (Å²) in [5.74, 6) is -0.282. The highest BCUT2D eigenvalue weighted by Crippen LogP contribution is 2.23. The van der Waals surface area contributed by atoms with E-state index in [1.54, 1.807) is 7.05 Å². The highest BCUT2D eigenvalue weighted by Gasteiger charge is 2.23. The van der Waals surface area contributed by atoms with Crippen molar-refractivity contribution in [2.24, 2.45) is 0 Å². The quantitative estimate of drug-likeness (QED) is 0.891. The minimum atomic E-state index is -0.455. The van der Waals surface area contributed by atoms with E-state index in [1.165, 1.54) is 17.2 Å². The summed E-state index contributed by atoms with van der Waals surface area (Å²) in [5, 5.41) is 18.4. The normalized spacial score (nSPS) is 11.7. The number of H-pyrrole nitrogens is 1. The number of amides is 1. The highest BCUT2D eigenvalue weighted by atomic mass is 79.9. The number of carbonyl (C=O) groups is 1. The van der Waals surface area contributed by atoms with Gasteiger partial charge in [0.2, 0.25) is 0 Å².